The Morgan fingerprint density at radius 2 is 2.29 bits per heavy atom. The Kier molecular flexibility index (Phi) is 2.57. The van der Waals surface area contributed by atoms with Gasteiger partial charge in [0.2, 0.25) is 0 Å². The molecule has 0 aliphatic carbocycles. The second kappa shape index (κ2) is 4.22. The van der Waals surface area contributed by atoms with Crippen LogP contribution < -0.4 is 11.1 Å². The Hall–Kier alpha value is -1.81. The van der Waals surface area contributed by atoms with Crippen molar-refractivity contribution in [2.45, 2.75) is 18.9 Å². The number of aromatic nitrogens is 1. The van der Waals surface area contributed by atoms with Crippen molar-refractivity contribution in [3.8, 4) is 11.3 Å². The van der Waals surface area contributed by atoms with Crippen LogP contribution in [-0.2, 0) is 0 Å². The quantitative estimate of drug-likeness (QED) is 0.776. The van der Waals surface area contributed by atoms with Crippen molar-refractivity contribution in [2.75, 3.05) is 12.3 Å². The summed E-state index contributed by atoms with van der Waals surface area (Å²) in [5.41, 5.74) is 8.45. The van der Waals surface area contributed by atoms with Gasteiger partial charge in [-0.25, -0.2) is 0 Å². The fourth-order valence-electron chi connectivity index (χ4n) is 2.22. The van der Waals surface area contributed by atoms with Gasteiger partial charge in [0.05, 0.1) is 6.04 Å². The number of hydrogen-bond donors (Lipinski definition) is 2. The molecule has 1 atom stereocenters. The first kappa shape index (κ1) is 10.4. The minimum Gasteiger partial charge on any atom is -0.399 e. The molecule has 1 aliphatic heterocycles. The summed E-state index contributed by atoms with van der Waals surface area (Å²) in [7, 11) is 0. The van der Waals surface area contributed by atoms with Crippen LogP contribution in [0, 0.1) is 0 Å². The summed E-state index contributed by atoms with van der Waals surface area (Å²) in [6.07, 6.45) is 2.33. The Labute approximate surface area is 99.8 Å². The molecule has 4 heteroatoms. The number of nitrogen functional groups attached to an aromatic ring is 1. The summed E-state index contributed by atoms with van der Waals surface area (Å²) >= 11 is 0. The molecule has 0 radical (unpaired) electrons. The Morgan fingerprint density at radius 1 is 1.35 bits per heavy atom. The van der Waals surface area contributed by atoms with Crippen LogP contribution >= 0.6 is 0 Å². The Balaban J connectivity index is 1.89. The number of hydrogen-bond acceptors (Lipinski definition) is 4. The molecule has 3 N–H and O–H groups in total. The molecule has 1 aromatic carbocycles. The smallest absolute Gasteiger partial charge is 0.167 e. The van der Waals surface area contributed by atoms with E-state index in [9.17, 15) is 0 Å². The highest BCUT2D eigenvalue weighted by molar-refractivity contribution is 5.62. The molecular weight excluding hydrogens is 214 g/mol. The van der Waals surface area contributed by atoms with E-state index in [1.54, 1.807) is 0 Å². The van der Waals surface area contributed by atoms with E-state index in [0.717, 1.165) is 35.7 Å². The van der Waals surface area contributed by atoms with Crippen molar-refractivity contribution >= 4 is 5.69 Å². The fourth-order valence-corrected chi connectivity index (χ4v) is 2.22. The molecule has 2 heterocycles. The minimum atomic E-state index is 0.341. The molecule has 2 aromatic rings. The molecule has 1 aliphatic rings. The van der Waals surface area contributed by atoms with Gasteiger partial charge < -0.3 is 15.6 Å². The lowest BCUT2D eigenvalue weighted by Crippen LogP contribution is -2.12. The van der Waals surface area contributed by atoms with Crippen LogP contribution in [0.4, 0.5) is 5.69 Å². The summed E-state index contributed by atoms with van der Waals surface area (Å²) in [5.74, 6) is 0.779. The minimum absolute atomic E-state index is 0.341. The van der Waals surface area contributed by atoms with Crippen molar-refractivity contribution < 1.29 is 4.52 Å². The van der Waals surface area contributed by atoms with Crippen LogP contribution in [0.2, 0.25) is 0 Å². The highest BCUT2D eigenvalue weighted by atomic mass is 16.5. The molecule has 0 bridgehead atoms. The third-order valence-corrected chi connectivity index (χ3v) is 3.12. The molecule has 4 nitrogen and oxygen atoms in total. The van der Waals surface area contributed by atoms with Crippen LogP contribution in [0.15, 0.2) is 34.9 Å². The molecule has 0 amide bonds. The largest absolute Gasteiger partial charge is 0.399 e. The van der Waals surface area contributed by atoms with Gasteiger partial charge in [0, 0.05) is 17.3 Å². The van der Waals surface area contributed by atoms with E-state index < -0.39 is 0 Å². The zero-order chi connectivity index (χ0) is 11.7. The predicted octanol–water partition coefficient (Wildman–Crippen LogP) is 2.35. The molecule has 3 rings (SSSR count). The highest BCUT2D eigenvalue weighted by Crippen LogP contribution is 2.27. The van der Waals surface area contributed by atoms with Crippen LogP contribution in [0.3, 0.4) is 0 Å². The van der Waals surface area contributed by atoms with E-state index in [1.165, 1.54) is 6.42 Å². The lowest BCUT2D eigenvalue weighted by atomic mass is 10.1. The monoisotopic (exact) mass is 229 g/mol. The standard InChI is InChI=1S/C13H15N3O/c14-10-4-1-3-9(7-10)13-8-12(16-17-13)11-5-2-6-15-11/h1,3-4,7-8,11,15H,2,5-6,14H2/t11-/m1/s1. The Bertz CT molecular complexity index is 515. The van der Waals surface area contributed by atoms with Crippen LogP contribution in [0.25, 0.3) is 11.3 Å². The third kappa shape index (κ3) is 2.03. The molecular formula is C13H15N3O. The van der Waals surface area contributed by atoms with E-state index in [1.807, 2.05) is 30.3 Å². The van der Waals surface area contributed by atoms with Gasteiger partial charge in [-0.05, 0) is 31.5 Å². The second-order valence-electron chi connectivity index (χ2n) is 4.39. The highest BCUT2D eigenvalue weighted by Gasteiger charge is 2.20. The molecule has 88 valence electrons. The zero-order valence-electron chi connectivity index (χ0n) is 9.52. The maximum Gasteiger partial charge on any atom is 0.167 e. The molecule has 0 unspecified atom stereocenters. The van der Waals surface area contributed by atoms with E-state index >= 15 is 0 Å². The zero-order valence-corrected chi connectivity index (χ0v) is 9.52. The van der Waals surface area contributed by atoms with Gasteiger partial charge in [0.15, 0.2) is 5.76 Å². The number of anilines is 1. The second-order valence-corrected chi connectivity index (χ2v) is 4.39. The van der Waals surface area contributed by atoms with Crippen molar-refractivity contribution in [3.05, 3.63) is 36.0 Å². The van der Waals surface area contributed by atoms with Crippen molar-refractivity contribution in [1.82, 2.24) is 10.5 Å². The molecule has 1 fully saturated rings. The number of benzene rings is 1. The molecule has 17 heavy (non-hydrogen) atoms. The summed E-state index contributed by atoms with van der Waals surface area (Å²) in [4.78, 5) is 0. The number of rotatable bonds is 2. The maximum atomic E-state index is 5.75. The molecule has 0 spiro atoms. The van der Waals surface area contributed by atoms with Crippen molar-refractivity contribution in [1.29, 1.82) is 0 Å². The fraction of sp³-hybridized carbons (Fsp3) is 0.308. The number of nitrogens with zero attached hydrogens (tertiary/aromatic N) is 1. The first-order chi connectivity index (χ1) is 8.33. The van der Waals surface area contributed by atoms with Gasteiger partial charge >= 0.3 is 0 Å². The summed E-state index contributed by atoms with van der Waals surface area (Å²) in [6, 6.07) is 9.99. The lowest BCUT2D eigenvalue weighted by molar-refractivity contribution is 0.412. The first-order valence-electron chi connectivity index (χ1n) is 5.89. The molecule has 0 saturated carbocycles. The van der Waals surface area contributed by atoms with Gasteiger partial charge in [-0.3, -0.25) is 0 Å². The summed E-state index contributed by atoms with van der Waals surface area (Å²) in [6.45, 7) is 1.06. The molecule has 1 aromatic heterocycles. The van der Waals surface area contributed by atoms with E-state index in [4.69, 9.17) is 10.3 Å². The van der Waals surface area contributed by atoms with Crippen LogP contribution in [-0.4, -0.2) is 11.7 Å². The number of nitrogens with two attached hydrogens (primary N) is 1. The van der Waals surface area contributed by atoms with E-state index in [2.05, 4.69) is 10.5 Å². The average molecular weight is 229 g/mol. The summed E-state index contributed by atoms with van der Waals surface area (Å²) in [5, 5.41) is 7.53. The van der Waals surface area contributed by atoms with Crippen molar-refractivity contribution in [2.24, 2.45) is 0 Å². The van der Waals surface area contributed by atoms with E-state index in [0.29, 0.717) is 6.04 Å². The van der Waals surface area contributed by atoms with Gasteiger partial charge in [-0.15, -0.1) is 0 Å². The third-order valence-electron chi connectivity index (χ3n) is 3.12. The van der Waals surface area contributed by atoms with Crippen molar-refractivity contribution in [3.63, 3.8) is 0 Å². The lowest BCUT2D eigenvalue weighted by Gasteiger charge is -2.03. The predicted molar refractivity (Wildman–Crippen MR) is 66.3 cm³/mol. The van der Waals surface area contributed by atoms with E-state index in [-0.39, 0.29) is 0 Å². The molecule has 1 saturated heterocycles. The normalized spacial score (nSPS) is 19.6. The summed E-state index contributed by atoms with van der Waals surface area (Å²) < 4.78 is 5.37. The Morgan fingerprint density at radius 3 is 3.06 bits per heavy atom. The van der Waals surface area contributed by atoms with Crippen LogP contribution in [0.1, 0.15) is 24.6 Å². The average Bonchev–Trinajstić information content (AvgIpc) is 3.00. The van der Waals surface area contributed by atoms with Gasteiger partial charge in [-0.2, -0.15) is 0 Å². The van der Waals surface area contributed by atoms with Gasteiger partial charge in [-0.1, -0.05) is 17.3 Å². The topological polar surface area (TPSA) is 64.1 Å². The van der Waals surface area contributed by atoms with Gasteiger partial charge in [0.25, 0.3) is 0 Å². The first-order valence-corrected chi connectivity index (χ1v) is 5.89. The SMILES string of the molecule is Nc1cccc(-c2cc([C@H]3CCCN3)no2)c1. The number of nitrogens with one attached hydrogen (secondary N) is 1. The van der Waals surface area contributed by atoms with Gasteiger partial charge in [0.1, 0.15) is 5.69 Å². The van der Waals surface area contributed by atoms with Crippen LogP contribution in [0.5, 0.6) is 0 Å². The maximum absolute atomic E-state index is 5.75.